The number of halogens is 1. The van der Waals surface area contributed by atoms with Crippen LogP contribution in [0.3, 0.4) is 0 Å². The molecule has 1 fully saturated rings. The number of nitrogens with one attached hydrogen (secondary N) is 1. The van der Waals surface area contributed by atoms with Gasteiger partial charge in [-0.05, 0) is 55.2 Å². The maximum Gasteiger partial charge on any atom is 0.242 e. The normalized spacial score (nSPS) is 18.8. The number of anilines is 1. The zero-order valence-corrected chi connectivity index (χ0v) is 14.8. The molecular formula is C18H18ClN3OS. The fourth-order valence-corrected chi connectivity index (χ4v) is 3.06. The highest BCUT2D eigenvalue weighted by Crippen LogP contribution is 2.47. The smallest absolute Gasteiger partial charge is 0.242 e. The van der Waals surface area contributed by atoms with Crippen LogP contribution in [0.1, 0.15) is 23.5 Å². The summed E-state index contributed by atoms with van der Waals surface area (Å²) in [4.78, 5) is 12.5. The first kappa shape index (κ1) is 16.7. The highest BCUT2D eigenvalue weighted by molar-refractivity contribution is 7.80. The quantitative estimate of drug-likeness (QED) is 0.650. The van der Waals surface area contributed by atoms with Crippen LogP contribution >= 0.6 is 23.8 Å². The van der Waals surface area contributed by atoms with Gasteiger partial charge in [0.15, 0.2) is 5.11 Å². The number of hydrogen-bond donors (Lipinski definition) is 2. The molecule has 1 aliphatic carbocycles. The number of hydrogen-bond acceptors (Lipinski definition) is 2. The molecule has 0 radical (unpaired) electrons. The van der Waals surface area contributed by atoms with Crippen LogP contribution in [-0.4, -0.2) is 11.0 Å². The Kier molecular flexibility index (Phi) is 4.73. The summed E-state index contributed by atoms with van der Waals surface area (Å²) in [5.74, 6) is 0.0928. The van der Waals surface area contributed by atoms with E-state index in [1.165, 1.54) is 16.1 Å². The van der Waals surface area contributed by atoms with Gasteiger partial charge in [-0.1, -0.05) is 47.5 Å². The molecule has 6 heteroatoms. The number of nitrogens with two attached hydrogens (primary N) is 1. The van der Waals surface area contributed by atoms with E-state index in [0.29, 0.717) is 10.7 Å². The monoisotopic (exact) mass is 359 g/mol. The zero-order chi connectivity index (χ0) is 17.3. The van der Waals surface area contributed by atoms with Gasteiger partial charge in [0.25, 0.3) is 0 Å². The first-order valence-electron chi connectivity index (χ1n) is 7.68. The largest absolute Gasteiger partial charge is 0.374 e. The first-order valence-corrected chi connectivity index (χ1v) is 8.46. The summed E-state index contributed by atoms with van der Waals surface area (Å²) in [6.07, 6.45) is 0.829. The van der Waals surface area contributed by atoms with Gasteiger partial charge in [0, 0.05) is 10.9 Å². The number of carbonyl (C=O) groups is 1. The third-order valence-electron chi connectivity index (χ3n) is 4.14. The Balaban J connectivity index is 1.69. The van der Waals surface area contributed by atoms with E-state index in [2.05, 4.69) is 29.7 Å². The highest BCUT2D eigenvalue weighted by Gasteiger charge is 2.44. The Labute approximate surface area is 151 Å². The molecule has 1 amide bonds. The number of hydrazine groups is 1. The molecule has 0 heterocycles. The van der Waals surface area contributed by atoms with Crippen LogP contribution in [0.5, 0.6) is 0 Å². The number of nitrogens with zero attached hydrogens (tertiary/aromatic N) is 1. The zero-order valence-electron chi connectivity index (χ0n) is 13.2. The number of rotatable bonds is 3. The molecule has 1 aliphatic rings. The molecule has 2 aromatic rings. The van der Waals surface area contributed by atoms with Gasteiger partial charge in [-0.2, -0.15) is 0 Å². The molecule has 0 aromatic heterocycles. The lowest BCUT2D eigenvalue weighted by Crippen LogP contribution is -2.49. The Morgan fingerprint density at radius 2 is 2.00 bits per heavy atom. The molecule has 3 N–H and O–H groups in total. The van der Waals surface area contributed by atoms with Gasteiger partial charge in [0.2, 0.25) is 5.91 Å². The Bertz CT molecular complexity index is 778. The number of aryl methyl sites for hydroxylation is 1. The van der Waals surface area contributed by atoms with Crippen LogP contribution in [0.4, 0.5) is 5.69 Å². The minimum atomic E-state index is -0.0895. The summed E-state index contributed by atoms with van der Waals surface area (Å²) in [5, 5.41) is 2.01. The topological polar surface area (TPSA) is 58.4 Å². The van der Waals surface area contributed by atoms with E-state index in [1.54, 1.807) is 24.3 Å². The summed E-state index contributed by atoms with van der Waals surface area (Å²) in [6, 6.07) is 15.3. The lowest BCUT2D eigenvalue weighted by molar-refractivity contribution is -0.122. The van der Waals surface area contributed by atoms with E-state index >= 15 is 0 Å². The molecule has 0 saturated heterocycles. The second-order valence-corrected chi connectivity index (χ2v) is 6.84. The van der Waals surface area contributed by atoms with Crippen molar-refractivity contribution in [1.29, 1.82) is 0 Å². The lowest BCUT2D eigenvalue weighted by atomic mass is 10.1. The van der Waals surface area contributed by atoms with E-state index in [-0.39, 0.29) is 22.9 Å². The van der Waals surface area contributed by atoms with E-state index in [0.717, 1.165) is 6.42 Å². The van der Waals surface area contributed by atoms with Crippen molar-refractivity contribution < 1.29 is 4.79 Å². The van der Waals surface area contributed by atoms with Crippen LogP contribution in [0.25, 0.3) is 0 Å². The van der Waals surface area contributed by atoms with Crippen LogP contribution in [0, 0.1) is 12.8 Å². The Hall–Kier alpha value is -2.11. The van der Waals surface area contributed by atoms with Crippen molar-refractivity contribution in [2.75, 3.05) is 5.01 Å². The SMILES string of the molecule is Cc1ccc(C2CC2C(=O)NN(C(N)=S)c2cccc(Cl)c2)cc1. The van der Waals surface area contributed by atoms with E-state index < -0.39 is 0 Å². The lowest BCUT2D eigenvalue weighted by Gasteiger charge is -2.23. The molecule has 2 aromatic carbocycles. The molecule has 24 heavy (non-hydrogen) atoms. The molecular weight excluding hydrogens is 342 g/mol. The number of carbonyl (C=O) groups excluding carboxylic acids is 1. The molecule has 1 saturated carbocycles. The summed E-state index contributed by atoms with van der Waals surface area (Å²) >= 11 is 11.0. The molecule has 0 spiro atoms. The standard InChI is InChI=1S/C18H18ClN3OS/c1-11-5-7-12(8-6-11)15-10-16(15)17(23)21-22(18(20)24)14-4-2-3-13(19)9-14/h2-9,15-16H,10H2,1H3,(H2,20,24)(H,21,23). The van der Waals surface area contributed by atoms with Crippen LogP contribution in [0.15, 0.2) is 48.5 Å². The predicted octanol–water partition coefficient (Wildman–Crippen LogP) is 3.53. The van der Waals surface area contributed by atoms with Gasteiger partial charge in [-0.3, -0.25) is 10.2 Å². The van der Waals surface area contributed by atoms with E-state index in [4.69, 9.17) is 29.6 Å². The third-order valence-corrected chi connectivity index (χ3v) is 4.56. The maximum absolute atomic E-state index is 12.5. The van der Waals surface area contributed by atoms with Crippen molar-refractivity contribution >= 4 is 40.5 Å². The molecule has 0 bridgehead atoms. The van der Waals surface area contributed by atoms with Crippen LogP contribution in [-0.2, 0) is 4.79 Å². The third kappa shape index (κ3) is 3.68. The van der Waals surface area contributed by atoms with Gasteiger partial charge in [0.05, 0.1) is 5.69 Å². The molecule has 2 atom stereocenters. The van der Waals surface area contributed by atoms with Crippen molar-refractivity contribution in [3.8, 4) is 0 Å². The van der Waals surface area contributed by atoms with Gasteiger partial charge >= 0.3 is 0 Å². The minimum Gasteiger partial charge on any atom is -0.374 e. The summed E-state index contributed by atoms with van der Waals surface area (Å²) in [6.45, 7) is 2.05. The van der Waals surface area contributed by atoms with Crippen LogP contribution in [0.2, 0.25) is 5.02 Å². The van der Waals surface area contributed by atoms with Gasteiger partial charge in [0.1, 0.15) is 0 Å². The fraction of sp³-hybridized carbons (Fsp3) is 0.222. The Morgan fingerprint density at radius 3 is 2.62 bits per heavy atom. The van der Waals surface area contributed by atoms with Crippen molar-refractivity contribution in [3.05, 3.63) is 64.7 Å². The van der Waals surface area contributed by atoms with E-state index in [1.807, 2.05) is 6.92 Å². The van der Waals surface area contributed by atoms with Gasteiger partial charge in [-0.25, -0.2) is 5.01 Å². The number of thiocarbonyl (C=S) groups is 1. The molecule has 3 rings (SSSR count). The molecule has 2 unspecified atom stereocenters. The number of benzene rings is 2. The first-order chi connectivity index (χ1) is 11.5. The van der Waals surface area contributed by atoms with Crippen molar-refractivity contribution in [1.82, 2.24) is 5.43 Å². The second-order valence-electron chi connectivity index (χ2n) is 5.99. The maximum atomic E-state index is 12.5. The van der Waals surface area contributed by atoms with Crippen molar-refractivity contribution in [3.63, 3.8) is 0 Å². The minimum absolute atomic E-state index is 0.0660. The fourth-order valence-electron chi connectivity index (χ4n) is 2.72. The van der Waals surface area contributed by atoms with Crippen LogP contribution < -0.4 is 16.2 Å². The number of amides is 1. The highest BCUT2D eigenvalue weighted by atomic mass is 35.5. The van der Waals surface area contributed by atoms with Gasteiger partial charge < -0.3 is 5.73 Å². The predicted molar refractivity (Wildman–Crippen MR) is 101 cm³/mol. The second kappa shape index (κ2) is 6.79. The summed E-state index contributed by atoms with van der Waals surface area (Å²) in [5.41, 5.74) is 11.6. The van der Waals surface area contributed by atoms with Crippen molar-refractivity contribution in [2.24, 2.45) is 11.7 Å². The van der Waals surface area contributed by atoms with E-state index in [9.17, 15) is 4.79 Å². The molecule has 124 valence electrons. The molecule has 4 nitrogen and oxygen atoms in total. The molecule has 0 aliphatic heterocycles. The Morgan fingerprint density at radius 1 is 1.29 bits per heavy atom. The van der Waals surface area contributed by atoms with Crippen molar-refractivity contribution in [2.45, 2.75) is 19.3 Å². The average molecular weight is 360 g/mol. The summed E-state index contributed by atoms with van der Waals surface area (Å²) < 4.78 is 0. The average Bonchev–Trinajstić information content (AvgIpc) is 3.33. The van der Waals surface area contributed by atoms with Gasteiger partial charge in [-0.15, -0.1) is 0 Å². The summed E-state index contributed by atoms with van der Waals surface area (Å²) in [7, 11) is 0.